The van der Waals surface area contributed by atoms with Crippen LogP contribution < -0.4 is 5.73 Å². The molecule has 66 valence electrons. The molecule has 2 N–H and O–H groups in total. The molecule has 0 aromatic heterocycles. The smallest absolute Gasteiger partial charge is 0.113 e. The molecule has 1 rings (SSSR count). The Morgan fingerprint density at radius 3 is 2.27 bits per heavy atom. The average molecular weight is 159 g/mol. The van der Waals surface area contributed by atoms with Crippen molar-refractivity contribution >= 4 is 0 Å². The van der Waals surface area contributed by atoms with E-state index in [0.717, 1.165) is 12.8 Å². The molecular formula is C9H18FN. The topological polar surface area (TPSA) is 26.0 Å². The largest absolute Gasteiger partial charge is 0.325 e. The van der Waals surface area contributed by atoms with Gasteiger partial charge in [-0.1, -0.05) is 19.3 Å². The van der Waals surface area contributed by atoms with Crippen LogP contribution in [0.1, 0.15) is 39.0 Å². The summed E-state index contributed by atoms with van der Waals surface area (Å²) in [5.74, 6) is 0.448. The SMILES string of the molecule is CC(F)[C@H](N)C1CCCCC1. The van der Waals surface area contributed by atoms with E-state index in [1.54, 1.807) is 6.92 Å². The highest BCUT2D eigenvalue weighted by molar-refractivity contribution is 4.79. The van der Waals surface area contributed by atoms with Gasteiger partial charge in [-0.2, -0.15) is 0 Å². The monoisotopic (exact) mass is 159 g/mol. The van der Waals surface area contributed by atoms with Gasteiger partial charge in [-0.05, 0) is 25.7 Å². The second kappa shape index (κ2) is 4.05. The van der Waals surface area contributed by atoms with Crippen LogP contribution in [0.5, 0.6) is 0 Å². The molecule has 0 spiro atoms. The number of rotatable bonds is 2. The lowest BCUT2D eigenvalue weighted by Crippen LogP contribution is -2.38. The van der Waals surface area contributed by atoms with Crippen molar-refractivity contribution in [3.05, 3.63) is 0 Å². The molecule has 0 aromatic rings. The molecule has 0 radical (unpaired) electrons. The summed E-state index contributed by atoms with van der Waals surface area (Å²) in [5, 5.41) is 0. The maximum absolute atomic E-state index is 12.8. The minimum atomic E-state index is -0.835. The number of halogens is 1. The highest BCUT2D eigenvalue weighted by atomic mass is 19.1. The van der Waals surface area contributed by atoms with Gasteiger partial charge in [0.25, 0.3) is 0 Å². The highest BCUT2D eigenvalue weighted by Gasteiger charge is 2.24. The van der Waals surface area contributed by atoms with Crippen molar-refractivity contribution in [1.29, 1.82) is 0 Å². The molecule has 2 atom stereocenters. The Morgan fingerprint density at radius 2 is 1.82 bits per heavy atom. The van der Waals surface area contributed by atoms with E-state index >= 15 is 0 Å². The van der Waals surface area contributed by atoms with Crippen molar-refractivity contribution in [2.45, 2.75) is 51.2 Å². The maximum Gasteiger partial charge on any atom is 0.113 e. The number of hydrogen-bond donors (Lipinski definition) is 1. The first-order valence-electron chi connectivity index (χ1n) is 4.61. The molecule has 1 unspecified atom stereocenters. The lowest BCUT2D eigenvalue weighted by atomic mass is 9.83. The summed E-state index contributed by atoms with van der Waals surface area (Å²) in [7, 11) is 0. The lowest BCUT2D eigenvalue weighted by Gasteiger charge is -2.28. The first kappa shape index (κ1) is 8.98. The molecule has 1 aliphatic rings. The van der Waals surface area contributed by atoms with E-state index in [1.165, 1.54) is 19.3 Å². The van der Waals surface area contributed by atoms with E-state index < -0.39 is 6.17 Å². The van der Waals surface area contributed by atoms with Gasteiger partial charge in [-0.3, -0.25) is 0 Å². The molecule has 0 heterocycles. The van der Waals surface area contributed by atoms with Crippen LogP contribution in [0.25, 0.3) is 0 Å². The van der Waals surface area contributed by atoms with Crippen LogP contribution in [0.2, 0.25) is 0 Å². The quantitative estimate of drug-likeness (QED) is 0.657. The predicted molar refractivity (Wildman–Crippen MR) is 45.1 cm³/mol. The zero-order valence-corrected chi connectivity index (χ0v) is 7.22. The summed E-state index contributed by atoms with van der Waals surface area (Å²) in [4.78, 5) is 0. The van der Waals surface area contributed by atoms with Crippen molar-refractivity contribution in [3.63, 3.8) is 0 Å². The number of alkyl halides is 1. The summed E-state index contributed by atoms with van der Waals surface area (Å²) < 4.78 is 12.8. The standard InChI is InChI=1S/C9H18FN/c1-7(10)9(11)8-5-3-2-4-6-8/h7-9H,2-6,11H2,1H3/t7?,9-/m0/s1. The third-order valence-electron chi connectivity index (χ3n) is 2.72. The summed E-state index contributed by atoms with van der Waals surface area (Å²) in [6.07, 6.45) is 5.23. The average Bonchev–Trinajstić information content (AvgIpc) is 2.05. The first-order valence-corrected chi connectivity index (χ1v) is 4.61. The Kier molecular flexibility index (Phi) is 3.31. The van der Waals surface area contributed by atoms with E-state index in [0.29, 0.717) is 5.92 Å². The molecule has 0 amide bonds. The zero-order chi connectivity index (χ0) is 8.27. The Bertz CT molecular complexity index is 108. The molecule has 1 fully saturated rings. The van der Waals surface area contributed by atoms with Gasteiger partial charge in [0.05, 0.1) is 0 Å². The second-order valence-electron chi connectivity index (χ2n) is 3.65. The van der Waals surface area contributed by atoms with E-state index in [-0.39, 0.29) is 6.04 Å². The van der Waals surface area contributed by atoms with E-state index in [9.17, 15) is 4.39 Å². The van der Waals surface area contributed by atoms with Crippen LogP contribution >= 0.6 is 0 Å². The fourth-order valence-corrected chi connectivity index (χ4v) is 1.89. The van der Waals surface area contributed by atoms with E-state index in [1.807, 2.05) is 0 Å². The van der Waals surface area contributed by atoms with Gasteiger partial charge in [-0.15, -0.1) is 0 Å². The number of hydrogen-bond acceptors (Lipinski definition) is 1. The van der Waals surface area contributed by atoms with Crippen LogP contribution in [0.4, 0.5) is 4.39 Å². The van der Waals surface area contributed by atoms with Crippen molar-refractivity contribution in [2.24, 2.45) is 11.7 Å². The molecule has 0 aliphatic heterocycles. The van der Waals surface area contributed by atoms with E-state index in [2.05, 4.69) is 0 Å². The summed E-state index contributed by atoms with van der Waals surface area (Å²) in [6, 6.07) is -0.213. The molecular weight excluding hydrogens is 141 g/mol. The minimum Gasteiger partial charge on any atom is -0.325 e. The Balaban J connectivity index is 2.32. The van der Waals surface area contributed by atoms with Crippen molar-refractivity contribution in [1.82, 2.24) is 0 Å². The van der Waals surface area contributed by atoms with Crippen LogP contribution in [-0.2, 0) is 0 Å². The summed E-state index contributed by atoms with van der Waals surface area (Å²) in [5.41, 5.74) is 5.72. The Labute approximate surface area is 68.2 Å². The molecule has 11 heavy (non-hydrogen) atoms. The number of nitrogens with two attached hydrogens (primary N) is 1. The second-order valence-corrected chi connectivity index (χ2v) is 3.65. The first-order chi connectivity index (χ1) is 5.22. The van der Waals surface area contributed by atoms with Crippen LogP contribution in [-0.4, -0.2) is 12.2 Å². The Hall–Kier alpha value is -0.110. The van der Waals surface area contributed by atoms with Gasteiger partial charge in [-0.25, -0.2) is 4.39 Å². The lowest BCUT2D eigenvalue weighted by molar-refractivity contribution is 0.206. The van der Waals surface area contributed by atoms with Gasteiger partial charge in [0, 0.05) is 6.04 Å². The minimum absolute atomic E-state index is 0.213. The van der Waals surface area contributed by atoms with Gasteiger partial charge in [0.1, 0.15) is 6.17 Å². The van der Waals surface area contributed by atoms with Crippen LogP contribution in [0, 0.1) is 5.92 Å². The summed E-state index contributed by atoms with van der Waals surface area (Å²) >= 11 is 0. The molecule has 0 aromatic carbocycles. The third-order valence-corrected chi connectivity index (χ3v) is 2.72. The summed E-state index contributed by atoms with van der Waals surface area (Å²) in [6.45, 7) is 1.57. The molecule has 1 nitrogen and oxygen atoms in total. The van der Waals surface area contributed by atoms with Gasteiger partial charge < -0.3 is 5.73 Å². The van der Waals surface area contributed by atoms with Crippen molar-refractivity contribution < 1.29 is 4.39 Å². The maximum atomic E-state index is 12.8. The molecule has 2 heteroatoms. The normalized spacial score (nSPS) is 26.5. The molecule has 1 saturated carbocycles. The fourth-order valence-electron chi connectivity index (χ4n) is 1.89. The molecule has 1 aliphatic carbocycles. The zero-order valence-electron chi connectivity index (χ0n) is 7.22. The third kappa shape index (κ3) is 2.44. The van der Waals surface area contributed by atoms with Crippen LogP contribution in [0.15, 0.2) is 0 Å². The van der Waals surface area contributed by atoms with Gasteiger partial charge in [0.15, 0.2) is 0 Å². The van der Waals surface area contributed by atoms with Crippen molar-refractivity contribution in [2.75, 3.05) is 0 Å². The molecule has 0 saturated heterocycles. The van der Waals surface area contributed by atoms with Crippen LogP contribution in [0.3, 0.4) is 0 Å². The Morgan fingerprint density at radius 1 is 1.27 bits per heavy atom. The molecule has 0 bridgehead atoms. The fraction of sp³-hybridized carbons (Fsp3) is 1.00. The van der Waals surface area contributed by atoms with Crippen molar-refractivity contribution in [3.8, 4) is 0 Å². The predicted octanol–water partition coefficient (Wildman–Crippen LogP) is 2.25. The van der Waals surface area contributed by atoms with E-state index in [4.69, 9.17) is 5.73 Å². The van der Waals surface area contributed by atoms with Gasteiger partial charge in [0.2, 0.25) is 0 Å². The van der Waals surface area contributed by atoms with Gasteiger partial charge >= 0.3 is 0 Å². The highest BCUT2D eigenvalue weighted by Crippen LogP contribution is 2.27.